The average molecular weight is 442 g/mol. The molecule has 1 atom stereocenters. The Morgan fingerprint density at radius 1 is 0.871 bits per heavy atom. The lowest BCUT2D eigenvalue weighted by molar-refractivity contribution is -0.137. The second-order valence-corrected chi connectivity index (χ2v) is 10.1. The fourth-order valence-electron chi connectivity index (χ4n) is 3.94. The molecule has 0 radical (unpaired) electrons. The second kappa shape index (κ2) is 8.63. The molecule has 1 amide bonds. The van der Waals surface area contributed by atoms with Gasteiger partial charge in [-0.3, -0.25) is 9.59 Å². The SMILES string of the molecule is O=C(OCC(=O)N(C1CC1)[C@H]1CCS(=O)(=O)C1)c1ccccc1C(=O)c1ccccc1. The number of nitrogens with zero attached hydrogens (tertiary/aromatic N) is 1. The maximum atomic E-state index is 12.8. The lowest BCUT2D eigenvalue weighted by Gasteiger charge is -2.28. The number of benzene rings is 2. The Labute approximate surface area is 180 Å². The molecule has 2 fully saturated rings. The molecule has 1 aliphatic heterocycles. The minimum Gasteiger partial charge on any atom is -0.452 e. The molecule has 2 aromatic carbocycles. The number of carbonyl (C=O) groups is 3. The maximum absolute atomic E-state index is 12.8. The summed E-state index contributed by atoms with van der Waals surface area (Å²) in [5.41, 5.74) is 0.735. The van der Waals surface area contributed by atoms with Crippen LogP contribution in [0.1, 0.15) is 45.5 Å². The van der Waals surface area contributed by atoms with Crippen LogP contribution in [0.5, 0.6) is 0 Å². The molecule has 0 N–H and O–H groups in total. The van der Waals surface area contributed by atoms with Crippen molar-refractivity contribution >= 4 is 27.5 Å². The summed E-state index contributed by atoms with van der Waals surface area (Å²) in [7, 11) is -3.13. The number of carbonyl (C=O) groups excluding carboxylic acids is 3. The summed E-state index contributed by atoms with van der Waals surface area (Å²) in [6.45, 7) is -0.486. The lowest BCUT2D eigenvalue weighted by atomic mass is 9.98. The topological polar surface area (TPSA) is 97.8 Å². The van der Waals surface area contributed by atoms with Crippen LogP contribution in [-0.4, -0.2) is 61.2 Å². The first-order valence-electron chi connectivity index (χ1n) is 10.2. The van der Waals surface area contributed by atoms with Gasteiger partial charge in [0.2, 0.25) is 0 Å². The molecule has 4 rings (SSSR count). The first-order chi connectivity index (χ1) is 14.9. The number of amides is 1. The van der Waals surface area contributed by atoms with Crippen molar-refractivity contribution in [3.8, 4) is 0 Å². The molecule has 1 aliphatic carbocycles. The van der Waals surface area contributed by atoms with E-state index in [1.54, 1.807) is 53.4 Å². The Hall–Kier alpha value is -3.00. The van der Waals surface area contributed by atoms with Gasteiger partial charge >= 0.3 is 5.97 Å². The molecular formula is C23H23NO6S. The normalized spacial score (nSPS) is 19.5. The predicted molar refractivity (Wildman–Crippen MR) is 114 cm³/mol. The van der Waals surface area contributed by atoms with Crippen molar-refractivity contribution in [2.45, 2.75) is 31.3 Å². The molecule has 7 nitrogen and oxygen atoms in total. The number of hydrogen-bond acceptors (Lipinski definition) is 6. The van der Waals surface area contributed by atoms with Crippen molar-refractivity contribution in [2.24, 2.45) is 0 Å². The zero-order chi connectivity index (χ0) is 22.0. The average Bonchev–Trinajstić information content (AvgIpc) is 3.54. The number of ketones is 1. The molecule has 2 aliphatic rings. The molecule has 0 unspecified atom stereocenters. The van der Waals surface area contributed by atoms with Gasteiger partial charge in [0.1, 0.15) is 0 Å². The van der Waals surface area contributed by atoms with Crippen LogP contribution in [0.25, 0.3) is 0 Å². The quantitative estimate of drug-likeness (QED) is 0.483. The maximum Gasteiger partial charge on any atom is 0.339 e. The standard InChI is InChI=1S/C23H23NO6S/c25-21(24(17-10-11-17)18-12-13-31(28,29)15-18)14-30-23(27)20-9-5-4-8-19(20)22(26)16-6-2-1-3-7-16/h1-9,17-18H,10-15H2/t18-/m0/s1. The Morgan fingerprint density at radius 2 is 1.52 bits per heavy atom. The van der Waals surface area contributed by atoms with E-state index < -0.39 is 28.3 Å². The summed E-state index contributed by atoms with van der Waals surface area (Å²) in [6.07, 6.45) is 2.06. The van der Waals surface area contributed by atoms with Crippen LogP contribution in [0.15, 0.2) is 54.6 Å². The summed E-state index contributed by atoms with van der Waals surface area (Å²) in [4.78, 5) is 39.9. The zero-order valence-electron chi connectivity index (χ0n) is 16.9. The first kappa shape index (κ1) is 21.2. The number of ether oxygens (including phenoxy) is 1. The smallest absolute Gasteiger partial charge is 0.339 e. The van der Waals surface area contributed by atoms with E-state index >= 15 is 0 Å². The van der Waals surface area contributed by atoms with Gasteiger partial charge in [-0.05, 0) is 25.3 Å². The number of sulfone groups is 1. The Kier molecular flexibility index (Phi) is 5.91. The van der Waals surface area contributed by atoms with Crippen LogP contribution >= 0.6 is 0 Å². The zero-order valence-corrected chi connectivity index (χ0v) is 17.7. The highest BCUT2D eigenvalue weighted by molar-refractivity contribution is 7.91. The lowest BCUT2D eigenvalue weighted by Crippen LogP contribution is -2.44. The molecule has 1 saturated carbocycles. The minimum absolute atomic E-state index is 0.0106. The molecule has 1 heterocycles. The summed E-state index contributed by atoms with van der Waals surface area (Å²) >= 11 is 0. The fraction of sp³-hybridized carbons (Fsp3) is 0.348. The molecular weight excluding hydrogens is 418 g/mol. The van der Waals surface area contributed by atoms with Gasteiger partial charge < -0.3 is 9.64 Å². The fourth-order valence-corrected chi connectivity index (χ4v) is 5.65. The monoisotopic (exact) mass is 441 g/mol. The van der Waals surface area contributed by atoms with Crippen LogP contribution in [0, 0.1) is 0 Å². The summed E-state index contributed by atoms with van der Waals surface area (Å²) in [5, 5.41) is 0. The van der Waals surface area contributed by atoms with Crippen LogP contribution in [0.2, 0.25) is 0 Å². The van der Waals surface area contributed by atoms with Gasteiger partial charge in [-0.25, -0.2) is 13.2 Å². The van der Waals surface area contributed by atoms with Gasteiger partial charge in [0, 0.05) is 23.2 Å². The van der Waals surface area contributed by atoms with Crippen molar-refractivity contribution in [1.82, 2.24) is 4.90 Å². The van der Waals surface area contributed by atoms with Gasteiger partial charge in [0.15, 0.2) is 22.2 Å². The predicted octanol–water partition coefficient (Wildman–Crippen LogP) is 2.25. The Morgan fingerprint density at radius 3 is 2.13 bits per heavy atom. The molecule has 31 heavy (non-hydrogen) atoms. The van der Waals surface area contributed by atoms with Crippen molar-refractivity contribution in [3.05, 3.63) is 71.3 Å². The van der Waals surface area contributed by atoms with E-state index in [0.717, 1.165) is 12.8 Å². The highest BCUT2D eigenvalue weighted by atomic mass is 32.2. The molecule has 1 saturated heterocycles. The van der Waals surface area contributed by atoms with E-state index in [4.69, 9.17) is 4.74 Å². The van der Waals surface area contributed by atoms with Crippen LogP contribution in [0.4, 0.5) is 0 Å². The van der Waals surface area contributed by atoms with Gasteiger partial charge in [-0.1, -0.05) is 48.5 Å². The minimum atomic E-state index is -3.13. The Bertz CT molecular complexity index is 1110. The molecule has 2 aromatic rings. The van der Waals surface area contributed by atoms with Crippen LogP contribution < -0.4 is 0 Å². The summed E-state index contributed by atoms with van der Waals surface area (Å²) in [6, 6.07) is 14.6. The molecule has 0 spiro atoms. The van der Waals surface area contributed by atoms with E-state index in [1.807, 2.05) is 0 Å². The van der Waals surface area contributed by atoms with Crippen molar-refractivity contribution in [2.75, 3.05) is 18.1 Å². The van der Waals surface area contributed by atoms with E-state index in [1.165, 1.54) is 6.07 Å². The highest BCUT2D eigenvalue weighted by Crippen LogP contribution is 2.32. The van der Waals surface area contributed by atoms with Crippen molar-refractivity contribution < 1.29 is 27.5 Å². The Balaban J connectivity index is 1.45. The van der Waals surface area contributed by atoms with Crippen molar-refractivity contribution in [1.29, 1.82) is 0 Å². The molecule has 162 valence electrons. The van der Waals surface area contributed by atoms with Gasteiger partial charge in [-0.15, -0.1) is 0 Å². The molecule has 0 bridgehead atoms. The van der Waals surface area contributed by atoms with Gasteiger partial charge in [0.25, 0.3) is 5.91 Å². The largest absolute Gasteiger partial charge is 0.452 e. The van der Waals surface area contributed by atoms with Gasteiger partial charge in [-0.2, -0.15) is 0 Å². The number of hydrogen-bond donors (Lipinski definition) is 0. The third-order valence-electron chi connectivity index (χ3n) is 5.58. The number of esters is 1. The number of rotatable bonds is 7. The first-order valence-corrected chi connectivity index (χ1v) is 12.1. The van der Waals surface area contributed by atoms with E-state index in [-0.39, 0.29) is 40.5 Å². The van der Waals surface area contributed by atoms with E-state index in [9.17, 15) is 22.8 Å². The van der Waals surface area contributed by atoms with Crippen LogP contribution in [0.3, 0.4) is 0 Å². The van der Waals surface area contributed by atoms with Crippen molar-refractivity contribution in [3.63, 3.8) is 0 Å². The third kappa shape index (κ3) is 4.85. The third-order valence-corrected chi connectivity index (χ3v) is 7.33. The molecule has 8 heteroatoms. The van der Waals surface area contributed by atoms with Crippen LogP contribution in [-0.2, 0) is 19.4 Å². The molecule has 0 aromatic heterocycles. The van der Waals surface area contributed by atoms with E-state index in [0.29, 0.717) is 12.0 Å². The highest BCUT2D eigenvalue weighted by Gasteiger charge is 2.42. The summed E-state index contributed by atoms with van der Waals surface area (Å²) < 4.78 is 28.9. The summed E-state index contributed by atoms with van der Waals surface area (Å²) in [5.74, 6) is -1.44. The second-order valence-electron chi connectivity index (χ2n) is 7.91. The van der Waals surface area contributed by atoms with Gasteiger partial charge in [0.05, 0.1) is 17.1 Å². The van der Waals surface area contributed by atoms with E-state index in [2.05, 4.69) is 0 Å².